The number of nitrogens with two attached hydrogens (primary N) is 1. The number of rotatable bonds is 5. The van der Waals surface area contributed by atoms with Crippen LogP contribution in [0.3, 0.4) is 0 Å². The first-order chi connectivity index (χ1) is 15.0. The van der Waals surface area contributed by atoms with Gasteiger partial charge in [-0.15, -0.1) is 0 Å². The Labute approximate surface area is 181 Å². The Hall–Kier alpha value is -3.93. The first kappa shape index (κ1) is 20.3. The summed E-state index contributed by atoms with van der Waals surface area (Å²) in [5.41, 5.74) is 11.4. The fourth-order valence-electron chi connectivity index (χ4n) is 4.07. The minimum Gasteiger partial charge on any atom is -0.405 e. The van der Waals surface area contributed by atoms with Gasteiger partial charge in [0.1, 0.15) is 0 Å². The molecule has 0 aromatic heterocycles. The smallest absolute Gasteiger partial charge is 0.272 e. The number of carbonyl (C=O) groups is 2. The zero-order valence-electron chi connectivity index (χ0n) is 17.3. The molecule has 3 N–H and O–H groups in total. The molecular formula is C25H24N4O2. The first-order valence-electron chi connectivity index (χ1n) is 10.1. The van der Waals surface area contributed by atoms with E-state index in [4.69, 9.17) is 10.7 Å². The minimum atomic E-state index is -1.05. The lowest BCUT2D eigenvalue weighted by molar-refractivity contribution is -0.125. The summed E-state index contributed by atoms with van der Waals surface area (Å²) in [6, 6.07) is 13.9. The Morgan fingerprint density at radius 1 is 1.29 bits per heavy atom. The van der Waals surface area contributed by atoms with E-state index in [1.807, 2.05) is 37.3 Å². The molecule has 6 heteroatoms. The number of hydrogen-bond acceptors (Lipinski definition) is 4. The van der Waals surface area contributed by atoms with Gasteiger partial charge in [0.2, 0.25) is 6.17 Å². The number of allylic oxidation sites excluding steroid dienone is 2. The van der Waals surface area contributed by atoms with Gasteiger partial charge in [0.25, 0.3) is 11.8 Å². The van der Waals surface area contributed by atoms with E-state index < -0.39 is 12.1 Å². The molecule has 6 nitrogen and oxygen atoms in total. The molecule has 0 aliphatic carbocycles. The lowest BCUT2D eigenvalue weighted by atomic mass is 9.96. The molecule has 156 valence electrons. The Kier molecular flexibility index (Phi) is 5.54. The average Bonchev–Trinajstić information content (AvgIpc) is 3.15. The van der Waals surface area contributed by atoms with Crippen LogP contribution in [0.4, 0.5) is 5.69 Å². The summed E-state index contributed by atoms with van der Waals surface area (Å²) in [5.74, 6) is -0.699. The molecule has 2 aliphatic rings. The van der Waals surface area contributed by atoms with Crippen molar-refractivity contribution in [3.05, 3.63) is 101 Å². The topological polar surface area (TPSA) is 87.8 Å². The fourth-order valence-corrected chi connectivity index (χ4v) is 4.07. The molecular weight excluding hydrogens is 388 g/mol. The van der Waals surface area contributed by atoms with E-state index in [-0.39, 0.29) is 5.91 Å². The van der Waals surface area contributed by atoms with Gasteiger partial charge in [-0.05, 0) is 43.3 Å². The van der Waals surface area contributed by atoms with Gasteiger partial charge in [-0.3, -0.25) is 9.59 Å². The zero-order valence-corrected chi connectivity index (χ0v) is 17.3. The van der Waals surface area contributed by atoms with Gasteiger partial charge in [-0.25, -0.2) is 4.99 Å². The second-order valence-electron chi connectivity index (χ2n) is 7.50. The summed E-state index contributed by atoms with van der Waals surface area (Å²) in [7, 11) is 0. The molecule has 2 heterocycles. The van der Waals surface area contributed by atoms with Crippen LogP contribution in [-0.2, 0) is 16.0 Å². The second-order valence-corrected chi connectivity index (χ2v) is 7.50. The van der Waals surface area contributed by atoms with Crippen molar-refractivity contribution in [1.82, 2.24) is 5.32 Å². The summed E-state index contributed by atoms with van der Waals surface area (Å²) in [5, 5.41) is 2.77. The van der Waals surface area contributed by atoms with Crippen LogP contribution < -0.4 is 16.0 Å². The van der Waals surface area contributed by atoms with E-state index in [1.54, 1.807) is 4.90 Å². The molecule has 0 spiro atoms. The van der Waals surface area contributed by atoms with Crippen molar-refractivity contribution in [1.29, 1.82) is 0 Å². The van der Waals surface area contributed by atoms with Crippen LogP contribution in [0.5, 0.6) is 0 Å². The highest BCUT2D eigenvalue weighted by atomic mass is 16.2. The molecule has 2 aromatic carbocycles. The molecule has 0 radical (unpaired) electrons. The van der Waals surface area contributed by atoms with Crippen molar-refractivity contribution >= 4 is 23.2 Å². The van der Waals surface area contributed by atoms with Crippen LogP contribution in [0.15, 0.2) is 84.0 Å². The highest BCUT2D eigenvalue weighted by molar-refractivity contribution is 6.21. The van der Waals surface area contributed by atoms with Gasteiger partial charge >= 0.3 is 0 Å². The van der Waals surface area contributed by atoms with Gasteiger partial charge < -0.3 is 16.0 Å². The van der Waals surface area contributed by atoms with Gasteiger partial charge in [-0.1, -0.05) is 54.6 Å². The number of anilines is 1. The van der Waals surface area contributed by atoms with Gasteiger partial charge in [0, 0.05) is 23.2 Å². The number of aryl methyl sites for hydroxylation is 1. The summed E-state index contributed by atoms with van der Waals surface area (Å²) < 4.78 is 0. The lowest BCUT2D eigenvalue weighted by Crippen LogP contribution is -2.47. The number of nitrogens with zero attached hydrogens (tertiary/aromatic N) is 2. The molecule has 0 saturated heterocycles. The van der Waals surface area contributed by atoms with Crippen LogP contribution in [0.2, 0.25) is 0 Å². The van der Waals surface area contributed by atoms with Crippen LogP contribution in [0.1, 0.15) is 22.3 Å². The maximum atomic E-state index is 13.4. The standard InChI is InChI=1S/C25H24N4O2/c1-3-7-18(10-12-26)24(30)28-23-25(31)29-13-11-19-14-16(2)15-20(22(19)29)21(27-23)17-8-5-4-6-9-17/h3-10,12,14-15,23H,1,11,13,26H2,2H3,(H,28,30)/b12-10-,18-7+. The highest BCUT2D eigenvalue weighted by Gasteiger charge is 2.37. The van der Waals surface area contributed by atoms with E-state index in [0.717, 1.165) is 34.4 Å². The third kappa shape index (κ3) is 3.80. The summed E-state index contributed by atoms with van der Waals surface area (Å²) >= 11 is 0. The average molecular weight is 412 g/mol. The monoisotopic (exact) mass is 412 g/mol. The Bertz CT molecular complexity index is 1150. The number of aliphatic imine (C=N–C) groups is 1. The Morgan fingerprint density at radius 3 is 2.77 bits per heavy atom. The number of nitrogens with one attached hydrogen (secondary N) is 1. The molecule has 2 amide bonds. The van der Waals surface area contributed by atoms with Crippen molar-refractivity contribution in [3.8, 4) is 0 Å². The zero-order chi connectivity index (χ0) is 22.0. The van der Waals surface area contributed by atoms with Crippen molar-refractivity contribution in [2.45, 2.75) is 19.5 Å². The number of amides is 2. The largest absolute Gasteiger partial charge is 0.405 e. The lowest BCUT2D eigenvalue weighted by Gasteiger charge is -2.21. The minimum absolute atomic E-state index is 0.252. The molecule has 0 fully saturated rings. The van der Waals surface area contributed by atoms with Gasteiger partial charge in [-0.2, -0.15) is 0 Å². The summed E-state index contributed by atoms with van der Waals surface area (Å²) in [6.07, 6.45) is 5.48. The third-order valence-corrected chi connectivity index (χ3v) is 5.37. The molecule has 0 bridgehead atoms. The van der Waals surface area contributed by atoms with Crippen LogP contribution in [0.25, 0.3) is 0 Å². The van der Waals surface area contributed by atoms with Crippen molar-refractivity contribution in [2.24, 2.45) is 10.7 Å². The SMILES string of the molecule is C=C/C=C(\C=C/N)C(=O)NC1N=C(c2ccccc2)c2cc(C)cc3c2N(CC3)C1=O. The number of hydrogen-bond donors (Lipinski definition) is 2. The molecule has 2 aromatic rings. The fraction of sp³-hybridized carbons (Fsp3) is 0.160. The molecule has 31 heavy (non-hydrogen) atoms. The van der Waals surface area contributed by atoms with Crippen molar-refractivity contribution in [3.63, 3.8) is 0 Å². The summed E-state index contributed by atoms with van der Waals surface area (Å²) in [6.45, 7) is 6.23. The predicted octanol–water partition coefficient (Wildman–Crippen LogP) is 2.76. The number of benzene rings is 2. The quantitative estimate of drug-likeness (QED) is 0.585. The molecule has 1 unspecified atom stereocenters. The Morgan fingerprint density at radius 2 is 2.06 bits per heavy atom. The molecule has 1 atom stereocenters. The van der Waals surface area contributed by atoms with Crippen LogP contribution in [0, 0.1) is 6.92 Å². The maximum absolute atomic E-state index is 13.4. The maximum Gasteiger partial charge on any atom is 0.272 e. The van der Waals surface area contributed by atoms with Crippen molar-refractivity contribution < 1.29 is 9.59 Å². The second kappa shape index (κ2) is 8.44. The van der Waals surface area contributed by atoms with Gasteiger partial charge in [0.05, 0.1) is 11.4 Å². The van der Waals surface area contributed by atoms with Crippen molar-refractivity contribution in [2.75, 3.05) is 11.4 Å². The van der Waals surface area contributed by atoms with Gasteiger partial charge in [0.15, 0.2) is 0 Å². The first-order valence-corrected chi connectivity index (χ1v) is 10.1. The molecule has 2 aliphatic heterocycles. The van der Waals surface area contributed by atoms with E-state index in [0.29, 0.717) is 17.8 Å². The van der Waals surface area contributed by atoms with E-state index >= 15 is 0 Å². The Balaban J connectivity index is 1.84. The summed E-state index contributed by atoms with van der Waals surface area (Å²) in [4.78, 5) is 32.8. The normalized spacial score (nSPS) is 17.9. The number of carbonyl (C=O) groups excluding carboxylic acids is 2. The van der Waals surface area contributed by atoms with E-state index in [2.05, 4.69) is 24.0 Å². The van der Waals surface area contributed by atoms with E-state index in [1.165, 1.54) is 24.4 Å². The predicted molar refractivity (Wildman–Crippen MR) is 123 cm³/mol. The third-order valence-electron chi connectivity index (χ3n) is 5.37. The van der Waals surface area contributed by atoms with E-state index in [9.17, 15) is 9.59 Å². The van der Waals surface area contributed by atoms with Crippen LogP contribution in [-0.4, -0.2) is 30.2 Å². The molecule has 4 rings (SSSR count). The van der Waals surface area contributed by atoms with Crippen LogP contribution >= 0.6 is 0 Å². The highest BCUT2D eigenvalue weighted by Crippen LogP contribution is 2.37. The molecule has 0 saturated carbocycles.